The maximum atomic E-state index is 13.5. The third kappa shape index (κ3) is 3.47. The van der Waals surface area contributed by atoms with E-state index in [-0.39, 0.29) is 17.5 Å². The maximum absolute atomic E-state index is 13.5. The zero-order chi connectivity index (χ0) is 22.4. The Labute approximate surface area is 185 Å². The zero-order valence-corrected chi connectivity index (χ0v) is 18.3. The highest BCUT2D eigenvalue weighted by atomic mass is 16.1. The van der Waals surface area contributed by atoms with E-state index >= 15 is 0 Å². The first-order valence-corrected chi connectivity index (χ1v) is 10.8. The van der Waals surface area contributed by atoms with Crippen LogP contribution in [-0.2, 0) is 7.05 Å². The summed E-state index contributed by atoms with van der Waals surface area (Å²) in [6, 6.07) is 15.6. The quantitative estimate of drug-likeness (QED) is 0.533. The Balaban J connectivity index is 1.69. The number of carbonyl (C=O) groups excluding carboxylic acids is 1. The molecule has 0 aliphatic heterocycles. The lowest BCUT2D eigenvalue weighted by molar-refractivity contribution is 0.0951. The molecule has 0 atom stereocenters. The van der Waals surface area contributed by atoms with Crippen molar-refractivity contribution < 1.29 is 4.79 Å². The summed E-state index contributed by atoms with van der Waals surface area (Å²) in [5.74, 6) is -0.0981. The van der Waals surface area contributed by atoms with Crippen LogP contribution in [-0.4, -0.2) is 26.7 Å². The molecular weight excluding hydrogens is 400 g/mol. The van der Waals surface area contributed by atoms with E-state index in [1.807, 2.05) is 62.4 Å². The molecule has 6 heteroatoms. The Bertz CT molecular complexity index is 1430. The molecule has 1 aliphatic carbocycles. The van der Waals surface area contributed by atoms with Gasteiger partial charge in [0.25, 0.3) is 11.5 Å². The van der Waals surface area contributed by atoms with Gasteiger partial charge in [-0.3, -0.25) is 9.59 Å². The van der Waals surface area contributed by atoms with E-state index in [0.29, 0.717) is 16.8 Å². The number of aryl methyl sites for hydroxylation is 3. The van der Waals surface area contributed by atoms with E-state index < -0.39 is 0 Å². The Morgan fingerprint density at radius 2 is 1.75 bits per heavy atom. The van der Waals surface area contributed by atoms with Gasteiger partial charge in [0, 0.05) is 35.2 Å². The van der Waals surface area contributed by atoms with Crippen LogP contribution in [0, 0.1) is 13.8 Å². The summed E-state index contributed by atoms with van der Waals surface area (Å²) in [4.78, 5) is 26.1. The molecule has 2 aromatic heterocycles. The number of nitrogens with one attached hydrogen (secondary N) is 1. The summed E-state index contributed by atoms with van der Waals surface area (Å²) in [5.41, 5.74) is 6.10. The Hall–Kier alpha value is -3.80. The number of amides is 1. The molecule has 32 heavy (non-hydrogen) atoms. The lowest BCUT2D eigenvalue weighted by Gasteiger charge is -2.14. The second-order valence-corrected chi connectivity index (χ2v) is 8.51. The standard InChI is InChI=1S/C26H24N4O2/c1-15-6-4-5-7-20(15)23-24-18(14-27-29-23)13-22(26(32)30(24)3)21-12-17(9-8-16(21)2)25(31)28-19-10-11-19/h4-9,12-14,19H,10-11H2,1-3H3,(H,28,31). The van der Waals surface area contributed by atoms with E-state index in [0.717, 1.165) is 46.0 Å². The second-order valence-electron chi connectivity index (χ2n) is 8.51. The summed E-state index contributed by atoms with van der Waals surface area (Å²) in [5, 5.41) is 12.4. The van der Waals surface area contributed by atoms with Gasteiger partial charge in [0.05, 0.1) is 11.7 Å². The molecule has 1 saturated carbocycles. The van der Waals surface area contributed by atoms with Crippen LogP contribution in [0.15, 0.2) is 59.5 Å². The average molecular weight is 425 g/mol. The third-order valence-corrected chi connectivity index (χ3v) is 6.13. The SMILES string of the molecule is Cc1ccc(C(=O)NC2CC2)cc1-c1cc2cnnc(-c3ccccc3C)c2n(C)c1=O. The Morgan fingerprint density at radius 1 is 1.00 bits per heavy atom. The fraction of sp³-hybridized carbons (Fsp3) is 0.231. The summed E-state index contributed by atoms with van der Waals surface area (Å²) in [7, 11) is 1.76. The fourth-order valence-electron chi connectivity index (χ4n) is 4.11. The molecule has 6 nitrogen and oxygen atoms in total. The van der Waals surface area contributed by atoms with E-state index in [9.17, 15) is 9.59 Å². The van der Waals surface area contributed by atoms with Crippen molar-refractivity contribution in [3.63, 3.8) is 0 Å². The van der Waals surface area contributed by atoms with Crippen molar-refractivity contribution in [2.24, 2.45) is 7.05 Å². The van der Waals surface area contributed by atoms with Gasteiger partial charge in [-0.1, -0.05) is 30.3 Å². The van der Waals surface area contributed by atoms with Crippen molar-refractivity contribution in [3.05, 3.63) is 81.8 Å². The van der Waals surface area contributed by atoms with Gasteiger partial charge in [0.2, 0.25) is 0 Å². The Morgan fingerprint density at radius 3 is 2.50 bits per heavy atom. The highest BCUT2D eigenvalue weighted by Gasteiger charge is 2.24. The molecule has 5 rings (SSSR count). The molecule has 160 valence electrons. The van der Waals surface area contributed by atoms with Gasteiger partial charge in [-0.15, -0.1) is 5.10 Å². The van der Waals surface area contributed by atoms with Gasteiger partial charge in [-0.05, 0) is 61.6 Å². The van der Waals surface area contributed by atoms with Crippen LogP contribution in [0.5, 0.6) is 0 Å². The van der Waals surface area contributed by atoms with Crippen molar-refractivity contribution in [3.8, 4) is 22.4 Å². The predicted octanol–water partition coefficient (Wildman–Crippen LogP) is 4.17. The first-order valence-electron chi connectivity index (χ1n) is 10.8. The first kappa shape index (κ1) is 20.1. The predicted molar refractivity (Wildman–Crippen MR) is 126 cm³/mol. The summed E-state index contributed by atoms with van der Waals surface area (Å²) in [6.07, 6.45) is 3.74. The van der Waals surface area contributed by atoms with E-state index in [1.54, 1.807) is 17.8 Å². The number of carbonyl (C=O) groups is 1. The van der Waals surface area contributed by atoms with Crippen LogP contribution in [0.3, 0.4) is 0 Å². The highest BCUT2D eigenvalue weighted by molar-refractivity contribution is 5.97. The minimum absolute atomic E-state index is 0.0981. The van der Waals surface area contributed by atoms with Crippen LogP contribution in [0.4, 0.5) is 0 Å². The topological polar surface area (TPSA) is 76.9 Å². The second kappa shape index (κ2) is 7.71. The molecule has 0 radical (unpaired) electrons. The molecule has 1 aliphatic rings. The summed E-state index contributed by atoms with van der Waals surface area (Å²) in [6.45, 7) is 3.97. The molecule has 0 spiro atoms. The van der Waals surface area contributed by atoms with Gasteiger partial charge in [-0.25, -0.2) is 0 Å². The van der Waals surface area contributed by atoms with Gasteiger partial charge < -0.3 is 9.88 Å². The van der Waals surface area contributed by atoms with E-state index in [1.165, 1.54) is 0 Å². The lowest BCUT2D eigenvalue weighted by atomic mass is 9.97. The molecule has 0 bridgehead atoms. The molecule has 0 unspecified atom stereocenters. The van der Waals surface area contributed by atoms with E-state index in [4.69, 9.17) is 0 Å². The number of pyridine rings is 1. The molecular formula is C26H24N4O2. The minimum atomic E-state index is -0.136. The summed E-state index contributed by atoms with van der Waals surface area (Å²) >= 11 is 0. The fourth-order valence-corrected chi connectivity index (χ4v) is 4.11. The number of hydrogen-bond donors (Lipinski definition) is 1. The number of nitrogens with zero attached hydrogens (tertiary/aromatic N) is 3. The lowest BCUT2D eigenvalue weighted by Crippen LogP contribution is -2.25. The average Bonchev–Trinajstić information content (AvgIpc) is 3.60. The van der Waals surface area contributed by atoms with Crippen LogP contribution in [0.25, 0.3) is 33.3 Å². The van der Waals surface area contributed by atoms with E-state index in [2.05, 4.69) is 15.5 Å². The number of hydrogen-bond acceptors (Lipinski definition) is 4. The smallest absolute Gasteiger partial charge is 0.258 e. The van der Waals surface area contributed by atoms with Crippen LogP contribution in [0.2, 0.25) is 0 Å². The van der Waals surface area contributed by atoms with Crippen LogP contribution < -0.4 is 10.9 Å². The molecule has 0 saturated heterocycles. The van der Waals surface area contributed by atoms with Crippen molar-refractivity contribution in [1.29, 1.82) is 0 Å². The van der Waals surface area contributed by atoms with Gasteiger partial charge >= 0.3 is 0 Å². The maximum Gasteiger partial charge on any atom is 0.258 e. The number of aromatic nitrogens is 3. The molecule has 1 N–H and O–H groups in total. The largest absolute Gasteiger partial charge is 0.349 e. The Kier molecular flexibility index (Phi) is 4.85. The van der Waals surface area contributed by atoms with Crippen molar-refractivity contribution in [2.45, 2.75) is 32.7 Å². The normalized spacial score (nSPS) is 13.3. The number of benzene rings is 2. The molecule has 1 fully saturated rings. The molecule has 2 aromatic carbocycles. The molecule has 2 heterocycles. The third-order valence-electron chi connectivity index (χ3n) is 6.13. The van der Waals surface area contributed by atoms with Crippen molar-refractivity contribution >= 4 is 16.8 Å². The number of rotatable bonds is 4. The monoisotopic (exact) mass is 424 g/mol. The van der Waals surface area contributed by atoms with Gasteiger partial charge in [-0.2, -0.15) is 5.10 Å². The van der Waals surface area contributed by atoms with Gasteiger partial charge in [0.15, 0.2) is 0 Å². The molecule has 4 aromatic rings. The number of fused-ring (bicyclic) bond motifs is 1. The van der Waals surface area contributed by atoms with Crippen molar-refractivity contribution in [2.75, 3.05) is 0 Å². The first-order chi connectivity index (χ1) is 15.4. The van der Waals surface area contributed by atoms with Gasteiger partial charge in [0.1, 0.15) is 5.69 Å². The van der Waals surface area contributed by atoms with Crippen molar-refractivity contribution in [1.82, 2.24) is 20.1 Å². The van der Waals surface area contributed by atoms with Crippen LogP contribution >= 0.6 is 0 Å². The molecule has 1 amide bonds. The van der Waals surface area contributed by atoms with Crippen LogP contribution in [0.1, 0.15) is 34.3 Å². The minimum Gasteiger partial charge on any atom is -0.349 e. The summed E-state index contributed by atoms with van der Waals surface area (Å²) < 4.78 is 1.64. The zero-order valence-electron chi connectivity index (χ0n) is 18.3. The highest BCUT2D eigenvalue weighted by Crippen LogP contribution is 2.30.